The molecule has 1 saturated carbocycles. The monoisotopic (exact) mass is 281 g/mol. The summed E-state index contributed by atoms with van der Waals surface area (Å²) in [5.41, 5.74) is 7.48. The molecule has 2 rings (SSSR count). The van der Waals surface area contributed by atoms with Crippen LogP contribution in [-0.4, -0.2) is 21.6 Å². The highest BCUT2D eigenvalue weighted by Crippen LogP contribution is 2.36. The molecule has 0 aliphatic heterocycles. The molecule has 19 heavy (non-hydrogen) atoms. The zero-order valence-corrected chi connectivity index (χ0v) is 13.3. The number of aryl methyl sites for hydroxylation is 1. The summed E-state index contributed by atoms with van der Waals surface area (Å²) in [4.78, 5) is 4.91. The van der Waals surface area contributed by atoms with Gasteiger partial charge in [0.2, 0.25) is 0 Å². The average Bonchev–Trinajstić information content (AvgIpc) is 2.97. The van der Waals surface area contributed by atoms with Gasteiger partial charge in [-0.25, -0.2) is 4.98 Å². The minimum absolute atomic E-state index is 0.414. The van der Waals surface area contributed by atoms with Crippen molar-refractivity contribution in [3.05, 3.63) is 11.5 Å². The number of hydrogen-bond donors (Lipinski definition) is 1. The predicted octanol–water partition coefficient (Wildman–Crippen LogP) is 4.00. The molecule has 1 aromatic rings. The summed E-state index contributed by atoms with van der Waals surface area (Å²) in [6, 6.07) is 0.414. The van der Waals surface area contributed by atoms with Crippen molar-refractivity contribution in [3.8, 4) is 0 Å². The molecule has 0 spiro atoms. The second kappa shape index (κ2) is 6.69. The number of aromatic nitrogens is 2. The molecule has 0 amide bonds. The highest BCUT2D eigenvalue weighted by molar-refractivity contribution is 7.98. The van der Waals surface area contributed by atoms with Crippen molar-refractivity contribution in [2.75, 3.05) is 17.7 Å². The number of nitrogens with zero attached hydrogens (tertiary/aromatic N) is 2. The third-order valence-corrected chi connectivity index (χ3v) is 4.75. The Hall–Kier alpha value is -0.640. The Morgan fingerprint density at radius 2 is 2.05 bits per heavy atom. The molecule has 1 fully saturated rings. The minimum Gasteiger partial charge on any atom is -0.384 e. The van der Waals surface area contributed by atoms with E-state index in [2.05, 4.69) is 24.7 Å². The molecule has 0 saturated heterocycles. The van der Waals surface area contributed by atoms with E-state index < -0.39 is 0 Å². The van der Waals surface area contributed by atoms with Crippen LogP contribution in [0.2, 0.25) is 0 Å². The van der Waals surface area contributed by atoms with Crippen LogP contribution in [0.3, 0.4) is 0 Å². The summed E-state index contributed by atoms with van der Waals surface area (Å²) >= 11 is 1.89. The van der Waals surface area contributed by atoms with E-state index in [-0.39, 0.29) is 0 Å². The molecular weight excluding hydrogens is 254 g/mol. The Morgan fingerprint density at radius 3 is 2.63 bits per heavy atom. The van der Waals surface area contributed by atoms with Crippen LogP contribution in [0.1, 0.15) is 69.4 Å². The zero-order valence-electron chi connectivity index (χ0n) is 12.5. The van der Waals surface area contributed by atoms with Gasteiger partial charge in [0.25, 0.3) is 0 Å². The van der Waals surface area contributed by atoms with Gasteiger partial charge < -0.3 is 10.3 Å². The van der Waals surface area contributed by atoms with Gasteiger partial charge in [-0.1, -0.05) is 12.8 Å². The number of anilines is 1. The smallest absolute Gasteiger partial charge is 0.127 e. The minimum atomic E-state index is 0.414. The van der Waals surface area contributed by atoms with E-state index in [0.717, 1.165) is 17.9 Å². The summed E-state index contributed by atoms with van der Waals surface area (Å²) in [5.74, 6) is 3.99. The highest BCUT2D eigenvalue weighted by Gasteiger charge is 2.26. The van der Waals surface area contributed by atoms with E-state index in [1.165, 1.54) is 43.7 Å². The molecule has 1 aliphatic rings. The molecule has 0 bridgehead atoms. The molecular formula is C15H27N3S. The summed E-state index contributed by atoms with van der Waals surface area (Å²) < 4.78 is 2.28. The molecule has 2 N–H and O–H groups in total. The van der Waals surface area contributed by atoms with Crippen LogP contribution in [0.5, 0.6) is 0 Å². The van der Waals surface area contributed by atoms with Crippen LogP contribution in [-0.2, 0) is 6.42 Å². The first-order valence-electron chi connectivity index (χ1n) is 7.50. The van der Waals surface area contributed by atoms with Gasteiger partial charge >= 0.3 is 0 Å². The SMILES string of the molecule is CSCCCc1nc(C2CCCC2)n(C(C)C)c1N. The van der Waals surface area contributed by atoms with Gasteiger partial charge in [-0.05, 0) is 51.5 Å². The molecule has 4 heteroatoms. The van der Waals surface area contributed by atoms with Gasteiger partial charge in [-0.3, -0.25) is 0 Å². The van der Waals surface area contributed by atoms with Crippen LogP contribution in [0.15, 0.2) is 0 Å². The Labute approximate surface area is 121 Å². The summed E-state index contributed by atoms with van der Waals surface area (Å²) in [7, 11) is 0. The van der Waals surface area contributed by atoms with E-state index in [9.17, 15) is 0 Å². The van der Waals surface area contributed by atoms with E-state index in [1.807, 2.05) is 11.8 Å². The molecule has 1 aliphatic carbocycles. The van der Waals surface area contributed by atoms with Gasteiger partial charge in [0.15, 0.2) is 0 Å². The van der Waals surface area contributed by atoms with Crippen LogP contribution in [0.4, 0.5) is 5.82 Å². The Bertz CT molecular complexity index is 406. The van der Waals surface area contributed by atoms with Crippen molar-refractivity contribution in [3.63, 3.8) is 0 Å². The lowest BCUT2D eigenvalue weighted by Gasteiger charge is -2.17. The summed E-state index contributed by atoms with van der Waals surface area (Å²) in [6.45, 7) is 4.42. The van der Waals surface area contributed by atoms with Crippen LogP contribution >= 0.6 is 11.8 Å². The average molecular weight is 281 g/mol. The van der Waals surface area contributed by atoms with Crippen molar-refractivity contribution in [2.24, 2.45) is 0 Å². The second-order valence-corrected chi connectivity index (χ2v) is 6.83. The topological polar surface area (TPSA) is 43.8 Å². The van der Waals surface area contributed by atoms with Crippen LogP contribution in [0.25, 0.3) is 0 Å². The first-order chi connectivity index (χ1) is 9.15. The van der Waals surface area contributed by atoms with Gasteiger partial charge in [0, 0.05) is 12.0 Å². The summed E-state index contributed by atoms with van der Waals surface area (Å²) in [6.07, 6.45) is 9.60. The maximum absolute atomic E-state index is 6.35. The summed E-state index contributed by atoms with van der Waals surface area (Å²) in [5, 5.41) is 0. The van der Waals surface area contributed by atoms with Crippen LogP contribution in [0, 0.1) is 0 Å². The Balaban J connectivity index is 2.22. The third-order valence-electron chi connectivity index (χ3n) is 4.05. The van der Waals surface area contributed by atoms with Crippen molar-refractivity contribution in [1.82, 2.24) is 9.55 Å². The van der Waals surface area contributed by atoms with E-state index in [4.69, 9.17) is 10.7 Å². The molecule has 0 radical (unpaired) electrons. The number of thioether (sulfide) groups is 1. The van der Waals surface area contributed by atoms with E-state index in [1.54, 1.807) is 0 Å². The molecule has 1 heterocycles. The maximum Gasteiger partial charge on any atom is 0.127 e. The van der Waals surface area contributed by atoms with Crippen molar-refractivity contribution in [1.29, 1.82) is 0 Å². The predicted molar refractivity (Wildman–Crippen MR) is 84.9 cm³/mol. The van der Waals surface area contributed by atoms with Crippen molar-refractivity contribution in [2.45, 2.75) is 64.3 Å². The molecule has 0 atom stereocenters. The first-order valence-corrected chi connectivity index (χ1v) is 8.90. The van der Waals surface area contributed by atoms with Crippen LogP contribution < -0.4 is 5.73 Å². The van der Waals surface area contributed by atoms with Gasteiger partial charge in [0.05, 0.1) is 5.69 Å². The van der Waals surface area contributed by atoms with Gasteiger partial charge in [0.1, 0.15) is 11.6 Å². The lowest BCUT2D eigenvalue weighted by molar-refractivity contribution is 0.534. The Kier molecular flexibility index (Phi) is 5.20. The van der Waals surface area contributed by atoms with E-state index in [0.29, 0.717) is 12.0 Å². The Morgan fingerprint density at radius 1 is 1.37 bits per heavy atom. The molecule has 0 aromatic carbocycles. The fourth-order valence-electron chi connectivity index (χ4n) is 3.09. The van der Waals surface area contributed by atoms with Gasteiger partial charge in [-0.15, -0.1) is 0 Å². The maximum atomic E-state index is 6.35. The van der Waals surface area contributed by atoms with Gasteiger partial charge in [-0.2, -0.15) is 11.8 Å². The van der Waals surface area contributed by atoms with E-state index >= 15 is 0 Å². The number of hydrogen-bond acceptors (Lipinski definition) is 3. The quantitative estimate of drug-likeness (QED) is 0.802. The number of rotatable bonds is 6. The number of nitrogens with two attached hydrogens (primary N) is 1. The molecule has 0 unspecified atom stereocenters. The molecule has 1 aromatic heterocycles. The molecule has 108 valence electrons. The number of nitrogen functional groups attached to an aromatic ring is 1. The standard InChI is InChI=1S/C15H27N3S/c1-11(2)18-14(16)13(9-6-10-19-3)17-15(18)12-7-4-5-8-12/h11-12H,4-10,16H2,1-3H3. The lowest BCUT2D eigenvalue weighted by atomic mass is 10.1. The molecule has 3 nitrogen and oxygen atoms in total. The third kappa shape index (κ3) is 3.28. The number of imidazole rings is 1. The second-order valence-electron chi connectivity index (χ2n) is 5.84. The first kappa shape index (κ1) is 14.8. The van der Waals surface area contributed by atoms with Crippen molar-refractivity contribution >= 4 is 17.6 Å². The largest absolute Gasteiger partial charge is 0.384 e. The lowest BCUT2D eigenvalue weighted by Crippen LogP contribution is -2.12. The normalized spacial score (nSPS) is 16.6. The van der Waals surface area contributed by atoms with Crippen molar-refractivity contribution < 1.29 is 0 Å². The highest BCUT2D eigenvalue weighted by atomic mass is 32.2. The fraction of sp³-hybridized carbons (Fsp3) is 0.800. The zero-order chi connectivity index (χ0) is 13.8. The fourth-order valence-corrected chi connectivity index (χ4v) is 3.53.